The zero-order valence-electron chi connectivity index (χ0n) is 19.5. The van der Waals surface area contributed by atoms with Gasteiger partial charge in [0, 0.05) is 5.41 Å². The van der Waals surface area contributed by atoms with Crippen LogP contribution in [0.1, 0.15) is 40.0 Å². The Morgan fingerprint density at radius 3 is 2.42 bits per heavy atom. The topological polar surface area (TPSA) is 84.2 Å². The predicted molar refractivity (Wildman–Crippen MR) is 120 cm³/mol. The van der Waals surface area contributed by atoms with Crippen molar-refractivity contribution in [3.8, 4) is 17.5 Å². The Morgan fingerprint density at radius 1 is 1.23 bits per heavy atom. The van der Waals surface area contributed by atoms with E-state index in [1.165, 1.54) is 7.11 Å². The number of esters is 1. The predicted octanol–water partition coefficient (Wildman–Crippen LogP) is 4.02. The maximum Gasteiger partial charge on any atom is 0.316 e. The smallest absolute Gasteiger partial charge is 0.316 e. The molecule has 164 valence electrons. The van der Waals surface area contributed by atoms with E-state index < -0.39 is 36.2 Å². The monoisotopic (exact) mass is 437 g/mol. The minimum atomic E-state index is -1.73. The lowest BCUT2D eigenvalue weighted by molar-refractivity contribution is -0.163. The quantitative estimate of drug-likeness (QED) is 0.268. The minimum Gasteiger partial charge on any atom is -0.468 e. The number of hydrogen-bond acceptors (Lipinski definition) is 5. The summed E-state index contributed by atoms with van der Waals surface area (Å²) in [4.78, 5) is 38.5. The molecule has 0 aromatic carbocycles. The average molecular weight is 438 g/mol. The summed E-state index contributed by atoms with van der Waals surface area (Å²) in [5.41, 5.74) is 2.37. The Bertz CT molecular complexity index is 1030. The number of fused-ring (bicyclic) bond motifs is 3. The van der Waals surface area contributed by atoms with Crippen LogP contribution in [0, 0.1) is 50.9 Å². The fourth-order valence-electron chi connectivity index (χ4n) is 5.92. The van der Waals surface area contributed by atoms with Crippen LogP contribution < -0.4 is 0 Å². The number of ether oxygens (including phenoxy) is 1. The zero-order chi connectivity index (χ0) is 23.4. The second kappa shape index (κ2) is 7.31. The summed E-state index contributed by atoms with van der Waals surface area (Å²) >= 11 is 0. The van der Waals surface area contributed by atoms with Gasteiger partial charge in [0.05, 0.1) is 18.1 Å². The lowest BCUT2D eigenvalue weighted by atomic mass is 9.43. The van der Waals surface area contributed by atoms with Crippen LogP contribution >= 0.6 is 0 Å². The summed E-state index contributed by atoms with van der Waals surface area (Å²) in [6, 6.07) is 2.03. The molecule has 0 aliphatic heterocycles. The molecule has 3 aliphatic carbocycles. The molecule has 0 aromatic rings. The minimum absolute atomic E-state index is 0.0358. The Kier molecular flexibility index (Phi) is 5.48. The first kappa shape index (κ1) is 23.2. The third kappa shape index (κ3) is 3.62. The van der Waals surface area contributed by atoms with Crippen LogP contribution in [0.4, 0.5) is 0 Å². The Morgan fingerprint density at radius 2 is 1.87 bits per heavy atom. The van der Waals surface area contributed by atoms with Crippen molar-refractivity contribution in [3.05, 3.63) is 23.3 Å². The fourth-order valence-corrected chi connectivity index (χ4v) is 6.52. The molecule has 0 N–H and O–H groups in total. The van der Waals surface area contributed by atoms with E-state index in [0.717, 1.165) is 12.0 Å². The average Bonchev–Trinajstić information content (AvgIpc) is 2.68. The van der Waals surface area contributed by atoms with E-state index in [9.17, 15) is 19.6 Å². The lowest BCUT2D eigenvalue weighted by Gasteiger charge is -2.59. The summed E-state index contributed by atoms with van der Waals surface area (Å²) < 4.78 is 4.96. The molecule has 6 heteroatoms. The Balaban J connectivity index is 2.24. The van der Waals surface area contributed by atoms with Gasteiger partial charge in [-0.1, -0.05) is 46.3 Å². The molecule has 0 bridgehead atoms. The van der Waals surface area contributed by atoms with Crippen molar-refractivity contribution in [1.29, 1.82) is 5.26 Å². The summed E-state index contributed by atoms with van der Waals surface area (Å²) in [6.07, 6.45) is 4.98. The standard InChI is InChI=1S/C25H31NO4Si/c1-23(2)19-8-9-25(10-11-31(5,6)7)13-16(15-26)18(27)12-20(25)24(19,3)14-17(21(23)28)22(29)30-4/h12-13,17,19H,8-9,14H2,1-7H3/t17?,19-,24-,25+/m0/s1. The van der Waals surface area contributed by atoms with Crippen LogP contribution in [0.25, 0.3) is 0 Å². The van der Waals surface area contributed by atoms with Gasteiger partial charge in [-0.3, -0.25) is 14.4 Å². The number of ketones is 2. The summed E-state index contributed by atoms with van der Waals surface area (Å²) in [6.45, 7) is 12.3. The van der Waals surface area contributed by atoms with E-state index in [1.54, 1.807) is 12.2 Å². The van der Waals surface area contributed by atoms with Crippen molar-refractivity contribution in [2.75, 3.05) is 7.11 Å². The van der Waals surface area contributed by atoms with Gasteiger partial charge in [0.1, 0.15) is 20.1 Å². The largest absolute Gasteiger partial charge is 0.468 e. The van der Waals surface area contributed by atoms with E-state index in [4.69, 9.17) is 4.74 Å². The highest BCUT2D eigenvalue weighted by atomic mass is 28.3. The van der Waals surface area contributed by atoms with Crippen LogP contribution in [0.2, 0.25) is 19.6 Å². The normalized spacial score (nSPS) is 34.1. The van der Waals surface area contributed by atoms with Crippen LogP contribution in [-0.4, -0.2) is 32.7 Å². The second-order valence-corrected chi connectivity index (χ2v) is 15.7. The van der Waals surface area contributed by atoms with Crippen LogP contribution in [0.3, 0.4) is 0 Å². The van der Waals surface area contributed by atoms with E-state index in [2.05, 4.69) is 38.0 Å². The molecule has 0 saturated heterocycles. The van der Waals surface area contributed by atoms with Gasteiger partial charge in [-0.05, 0) is 48.3 Å². The number of Topliss-reactive ketones (excluding diaryl/α,β-unsaturated/α-hetero) is 1. The molecule has 0 radical (unpaired) electrons. The highest BCUT2D eigenvalue weighted by molar-refractivity contribution is 6.83. The zero-order valence-corrected chi connectivity index (χ0v) is 20.5. The van der Waals surface area contributed by atoms with Crippen molar-refractivity contribution in [1.82, 2.24) is 0 Å². The van der Waals surface area contributed by atoms with Gasteiger partial charge in [0.15, 0.2) is 11.6 Å². The highest BCUT2D eigenvalue weighted by Crippen LogP contribution is 2.65. The molecule has 31 heavy (non-hydrogen) atoms. The summed E-state index contributed by atoms with van der Waals surface area (Å²) in [7, 11) is -0.431. The molecule has 4 atom stereocenters. The molecule has 0 amide bonds. The molecule has 3 rings (SSSR count). The van der Waals surface area contributed by atoms with E-state index in [1.807, 2.05) is 19.9 Å². The number of hydrogen-bond donors (Lipinski definition) is 0. The number of methoxy groups -OCH3 is 1. The maximum atomic E-state index is 13.2. The number of carbonyl (C=O) groups is 3. The van der Waals surface area contributed by atoms with Gasteiger partial charge < -0.3 is 4.74 Å². The fraction of sp³-hybridized carbons (Fsp3) is 0.600. The van der Waals surface area contributed by atoms with Gasteiger partial charge in [0.25, 0.3) is 0 Å². The third-order valence-corrected chi connectivity index (χ3v) is 8.22. The Hall–Kier alpha value is -2.44. The second-order valence-electron chi connectivity index (χ2n) is 10.9. The van der Waals surface area contributed by atoms with Gasteiger partial charge in [-0.25, -0.2) is 0 Å². The van der Waals surface area contributed by atoms with E-state index >= 15 is 0 Å². The van der Waals surface area contributed by atoms with E-state index in [-0.39, 0.29) is 29.5 Å². The van der Waals surface area contributed by atoms with Crippen molar-refractivity contribution < 1.29 is 19.1 Å². The molecule has 3 aliphatic rings. The number of carbonyl (C=O) groups excluding carboxylic acids is 3. The molecule has 2 fully saturated rings. The number of allylic oxidation sites excluding steroid dienone is 4. The molecular formula is C25H31NO4Si. The van der Waals surface area contributed by atoms with Crippen LogP contribution in [0.15, 0.2) is 23.3 Å². The van der Waals surface area contributed by atoms with E-state index in [0.29, 0.717) is 6.42 Å². The lowest BCUT2D eigenvalue weighted by Crippen LogP contribution is -2.58. The number of rotatable bonds is 1. The van der Waals surface area contributed by atoms with Crippen molar-refractivity contribution in [2.45, 2.75) is 59.7 Å². The molecule has 5 nitrogen and oxygen atoms in total. The molecular weight excluding hydrogens is 406 g/mol. The maximum absolute atomic E-state index is 13.2. The summed E-state index contributed by atoms with van der Waals surface area (Å²) in [5.74, 6) is 1.61. The molecule has 0 heterocycles. The highest BCUT2D eigenvalue weighted by Gasteiger charge is 2.63. The van der Waals surface area contributed by atoms with Crippen molar-refractivity contribution >= 4 is 25.6 Å². The van der Waals surface area contributed by atoms with Crippen LogP contribution in [-0.2, 0) is 19.1 Å². The first-order chi connectivity index (χ1) is 14.2. The van der Waals surface area contributed by atoms with Crippen LogP contribution in [0.5, 0.6) is 0 Å². The Labute approximate surface area is 185 Å². The van der Waals surface area contributed by atoms with Gasteiger partial charge in [-0.2, -0.15) is 5.26 Å². The molecule has 0 spiro atoms. The van der Waals surface area contributed by atoms with Gasteiger partial charge in [-0.15, -0.1) is 5.54 Å². The molecule has 2 saturated carbocycles. The summed E-state index contributed by atoms with van der Waals surface area (Å²) in [5, 5.41) is 9.54. The first-order valence-corrected chi connectivity index (χ1v) is 14.3. The SMILES string of the molecule is COC(=O)C1C[C@]2(C)C3=CC(=O)C(C#N)=C[C@]3(C#C[Si](C)(C)C)CC[C@H]2C(C)(C)C1=O. The van der Waals surface area contributed by atoms with Crippen molar-refractivity contribution in [2.24, 2.45) is 28.1 Å². The number of nitrogens with zero attached hydrogens (tertiary/aromatic N) is 1. The molecule has 1 unspecified atom stereocenters. The van der Waals surface area contributed by atoms with Crippen molar-refractivity contribution in [3.63, 3.8) is 0 Å². The van der Waals surface area contributed by atoms with Gasteiger partial charge >= 0.3 is 5.97 Å². The number of nitriles is 1. The van der Waals surface area contributed by atoms with Gasteiger partial charge in [0.2, 0.25) is 0 Å². The molecule has 0 aromatic heterocycles. The first-order valence-electron chi connectivity index (χ1n) is 10.8. The third-order valence-electron chi connectivity index (χ3n) is 7.34.